The monoisotopic (exact) mass is 161 g/mol. The van der Waals surface area contributed by atoms with Gasteiger partial charge in [0.15, 0.2) is 24.5 Å². The first-order chi connectivity index (χ1) is 5.20. The lowest BCUT2D eigenvalue weighted by molar-refractivity contribution is -0.154. The second kappa shape index (κ2) is 2.15. The van der Waals surface area contributed by atoms with Crippen molar-refractivity contribution >= 4 is 5.97 Å². The van der Waals surface area contributed by atoms with Crippen LogP contribution < -0.4 is 5.48 Å². The Labute approximate surface area is 61.7 Å². The molecule has 2 aliphatic heterocycles. The zero-order valence-electron chi connectivity index (χ0n) is 5.43. The quantitative estimate of drug-likeness (QED) is 0.340. The molecule has 0 aromatic rings. The molecular weight excluding hydrogens is 154 g/mol. The van der Waals surface area contributed by atoms with E-state index in [9.17, 15) is 4.79 Å². The van der Waals surface area contributed by atoms with E-state index in [-0.39, 0.29) is 0 Å². The Morgan fingerprint density at radius 2 is 2.09 bits per heavy atom. The third-order valence-electron chi connectivity index (χ3n) is 1.76. The van der Waals surface area contributed by atoms with Crippen LogP contribution in [0.15, 0.2) is 0 Å². The Kier molecular flexibility index (Phi) is 1.36. The number of hydrogen-bond donors (Lipinski definition) is 3. The molecule has 11 heavy (non-hydrogen) atoms. The number of hydroxylamine groups is 1. The largest absolute Gasteiger partial charge is 0.453 e. The van der Waals surface area contributed by atoms with Gasteiger partial charge >= 0.3 is 5.97 Å². The second-order valence-corrected chi connectivity index (χ2v) is 2.49. The molecule has 2 fully saturated rings. The smallest absolute Gasteiger partial charge is 0.338 e. The topological polar surface area (TPSA) is 88.0 Å². The molecule has 0 aromatic heterocycles. The Morgan fingerprint density at radius 3 is 2.73 bits per heavy atom. The van der Waals surface area contributed by atoms with Gasteiger partial charge in [-0.1, -0.05) is 0 Å². The van der Waals surface area contributed by atoms with Crippen molar-refractivity contribution in [2.24, 2.45) is 0 Å². The first-order valence-corrected chi connectivity index (χ1v) is 3.18. The van der Waals surface area contributed by atoms with Crippen molar-refractivity contribution in [1.29, 1.82) is 0 Å². The molecule has 0 saturated carbocycles. The average molecular weight is 161 g/mol. The van der Waals surface area contributed by atoms with Crippen LogP contribution >= 0.6 is 0 Å². The maximum atomic E-state index is 10.6. The number of hydrogen-bond acceptors (Lipinski definition) is 6. The number of esters is 1. The third kappa shape index (κ3) is 0.842. The highest BCUT2D eigenvalue weighted by Crippen LogP contribution is 2.24. The van der Waals surface area contributed by atoms with Crippen LogP contribution in [-0.2, 0) is 14.4 Å². The lowest BCUT2D eigenvalue weighted by Crippen LogP contribution is -2.32. The van der Waals surface area contributed by atoms with E-state index in [1.807, 2.05) is 0 Å². The van der Waals surface area contributed by atoms with Gasteiger partial charge < -0.3 is 14.9 Å². The first kappa shape index (κ1) is 6.99. The zero-order chi connectivity index (χ0) is 8.01. The molecule has 2 saturated heterocycles. The number of aliphatic hydroxyl groups excluding tert-OH is 2. The molecule has 0 amide bonds. The van der Waals surface area contributed by atoms with Crippen LogP contribution in [0.1, 0.15) is 0 Å². The van der Waals surface area contributed by atoms with Gasteiger partial charge in [0.25, 0.3) is 0 Å². The summed E-state index contributed by atoms with van der Waals surface area (Å²) in [5.74, 6) is -0.749. The number of carbonyl (C=O) groups excluding carboxylic acids is 1. The summed E-state index contributed by atoms with van der Waals surface area (Å²) < 4.78 is 4.58. The lowest BCUT2D eigenvalue weighted by Gasteiger charge is -2.06. The fraction of sp³-hybridized carbons (Fsp3) is 0.800. The number of rotatable bonds is 0. The molecule has 0 radical (unpaired) electrons. The van der Waals surface area contributed by atoms with Gasteiger partial charge in [-0.05, 0) is 0 Å². The summed E-state index contributed by atoms with van der Waals surface area (Å²) >= 11 is 0. The van der Waals surface area contributed by atoms with Gasteiger partial charge in [-0.15, -0.1) is 0 Å². The summed E-state index contributed by atoms with van der Waals surface area (Å²) in [6.07, 6.45) is -3.89. The molecule has 0 bridgehead atoms. The molecule has 2 heterocycles. The molecule has 2 aliphatic rings. The molecule has 2 rings (SSSR count). The third-order valence-corrected chi connectivity index (χ3v) is 1.76. The highest BCUT2D eigenvalue weighted by Gasteiger charge is 2.52. The van der Waals surface area contributed by atoms with Crippen LogP contribution in [-0.4, -0.2) is 40.7 Å². The lowest BCUT2D eigenvalue weighted by atomic mass is 10.1. The van der Waals surface area contributed by atoms with Gasteiger partial charge in [-0.3, -0.25) is 4.84 Å². The highest BCUT2D eigenvalue weighted by molar-refractivity contribution is 5.78. The Hall–Kier alpha value is -0.690. The van der Waals surface area contributed by atoms with Crippen molar-refractivity contribution in [3.05, 3.63) is 0 Å². The van der Waals surface area contributed by atoms with Gasteiger partial charge in [0.2, 0.25) is 0 Å². The van der Waals surface area contributed by atoms with Crippen molar-refractivity contribution in [3.8, 4) is 0 Å². The molecule has 0 aromatic carbocycles. The molecule has 6 nitrogen and oxygen atoms in total. The summed E-state index contributed by atoms with van der Waals surface area (Å²) in [5.41, 5.74) is 2.19. The SMILES string of the molecule is O=C1O[C@@H]2C(O)NO[C@@H]2[C@@H]1O. The van der Waals surface area contributed by atoms with Gasteiger partial charge in [-0.2, -0.15) is 5.48 Å². The van der Waals surface area contributed by atoms with E-state index in [2.05, 4.69) is 15.1 Å². The molecule has 1 unspecified atom stereocenters. The van der Waals surface area contributed by atoms with Gasteiger partial charge in [0.1, 0.15) is 0 Å². The highest BCUT2D eigenvalue weighted by atomic mass is 16.7. The number of carbonyl (C=O) groups is 1. The molecular formula is C5H7NO5. The Balaban J connectivity index is 2.18. The molecule has 62 valence electrons. The van der Waals surface area contributed by atoms with Crippen molar-refractivity contribution in [3.63, 3.8) is 0 Å². The fourth-order valence-corrected chi connectivity index (χ4v) is 1.18. The molecule has 0 aliphatic carbocycles. The van der Waals surface area contributed by atoms with E-state index in [0.29, 0.717) is 0 Å². The van der Waals surface area contributed by atoms with E-state index in [1.54, 1.807) is 0 Å². The number of ether oxygens (including phenoxy) is 1. The van der Waals surface area contributed by atoms with E-state index >= 15 is 0 Å². The Bertz CT molecular complexity index is 195. The van der Waals surface area contributed by atoms with Crippen molar-refractivity contribution in [2.45, 2.75) is 24.5 Å². The van der Waals surface area contributed by atoms with Crippen LogP contribution in [0, 0.1) is 0 Å². The number of fused-ring (bicyclic) bond motifs is 1. The van der Waals surface area contributed by atoms with Crippen molar-refractivity contribution < 1.29 is 24.6 Å². The van der Waals surface area contributed by atoms with Crippen LogP contribution in [0.3, 0.4) is 0 Å². The summed E-state index contributed by atoms with van der Waals surface area (Å²) in [6, 6.07) is 0. The van der Waals surface area contributed by atoms with E-state index in [0.717, 1.165) is 0 Å². The standard InChI is InChI=1S/C5H7NO5/c7-1-2-3(10-5(1)9)4(8)6-11-2/h1-4,6-8H/t1-,2+,3-,4?/m0/s1. The molecule has 0 spiro atoms. The molecule has 4 atom stereocenters. The van der Waals surface area contributed by atoms with Crippen LogP contribution in [0.4, 0.5) is 0 Å². The minimum Gasteiger partial charge on any atom is -0.453 e. The van der Waals surface area contributed by atoms with Crippen LogP contribution in [0.2, 0.25) is 0 Å². The normalized spacial score (nSPS) is 49.1. The van der Waals surface area contributed by atoms with E-state index < -0.39 is 30.5 Å². The van der Waals surface area contributed by atoms with E-state index in [1.165, 1.54) is 0 Å². The minimum absolute atomic E-state index is 0.749. The molecule has 3 N–H and O–H groups in total. The second-order valence-electron chi connectivity index (χ2n) is 2.49. The predicted octanol–water partition coefficient (Wildman–Crippen LogP) is -2.51. The first-order valence-electron chi connectivity index (χ1n) is 3.18. The minimum atomic E-state index is -1.29. The number of aliphatic hydroxyl groups is 2. The van der Waals surface area contributed by atoms with Gasteiger partial charge in [0.05, 0.1) is 0 Å². The summed E-state index contributed by atoms with van der Waals surface area (Å²) in [5, 5.41) is 18.0. The maximum Gasteiger partial charge on any atom is 0.338 e. The zero-order valence-corrected chi connectivity index (χ0v) is 5.43. The maximum absolute atomic E-state index is 10.6. The van der Waals surface area contributed by atoms with Gasteiger partial charge in [0, 0.05) is 0 Å². The summed E-state index contributed by atoms with van der Waals surface area (Å²) in [6.45, 7) is 0. The predicted molar refractivity (Wildman–Crippen MR) is 29.9 cm³/mol. The Morgan fingerprint density at radius 1 is 1.36 bits per heavy atom. The van der Waals surface area contributed by atoms with E-state index in [4.69, 9.17) is 10.2 Å². The van der Waals surface area contributed by atoms with Gasteiger partial charge in [-0.25, -0.2) is 4.79 Å². The van der Waals surface area contributed by atoms with Crippen LogP contribution in [0.25, 0.3) is 0 Å². The number of nitrogens with one attached hydrogen (secondary N) is 1. The van der Waals surface area contributed by atoms with Crippen molar-refractivity contribution in [1.82, 2.24) is 5.48 Å². The fourth-order valence-electron chi connectivity index (χ4n) is 1.18. The summed E-state index contributed by atoms with van der Waals surface area (Å²) in [7, 11) is 0. The summed E-state index contributed by atoms with van der Waals surface area (Å²) in [4.78, 5) is 15.3. The average Bonchev–Trinajstić information content (AvgIpc) is 2.43. The molecule has 6 heteroatoms. The van der Waals surface area contributed by atoms with Crippen LogP contribution in [0.5, 0.6) is 0 Å². The van der Waals surface area contributed by atoms with Crippen molar-refractivity contribution in [2.75, 3.05) is 0 Å².